The number of carbonyl (C=O) groups is 2. The lowest BCUT2D eigenvalue weighted by molar-refractivity contribution is -0.134. The minimum absolute atomic E-state index is 0.138. The molecule has 0 spiro atoms. The Hall–Kier alpha value is -1.90. The third kappa shape index (κ3) is 5.18. The van der Waals surface area contributed by atoms with E-state index in [1.165, 1.54) is 13.8 Å². The molecule has 0 bridgehead atoms. The van der Waals surface area contributed by atoms with Crippen molar-refractivity contribution in [3.63, 3.8) is 0 Å². The van der Waals surface area contributed by atoms with E-state index in [9.17, 15) is 24.9 Å². The van der Waals surface area contributed by atoms with Gasteiger partial charge >= 0.3 is 11.9 Å². The highest BCUT2D eigenvalue weighted by Gasteiger charge is 2.38. The summed E-state index contributed by atoms with van der Waals surface area (Å²) in [4.78, 5) is 21.5. The zero-order valence-electron chi connectivity index (χ0n) is 11.8. The molecule has 0 saturated carbocycles. The second-order valence-electron chi connectivity index (χ2n) is 4.65. The highest BCUT2D eigenvalue weighted by atomic mass is 16.5. The summed E-state index contributed by atoms with van der Waals surface area (Å²) in [6.07, 6.45) is 0.744. The maximum absolute atomic E-state index is 10.9. The van der Waals surface area contributed by atoms with Gasteiger partial charge in [0.1, 0.15) is 6.10 Å². The molecule has 0 aliphatic carbocycles. The molecule has 0 amide bonds. The summed E-state index contributed by atoms with van der Waals surface area (Å²) in [5.41, 5.74) is -1.85. The predicted molar refractivity (Wildman–Crippen MR) is 71.3 cm³/mol. The summed E-state index contributed by atoms with van der Waals surface area (Å²) in [6, 6.07) is 0. The van der Waals surface area contributed by atoms with Crippen LogP contribution in [0.15, 0.2) is 23.5 Å². The van der Waals surface area contributed by atoms with E-state index in [0.717, 1.165) is 12.3 Å². The largest absolute Gasteiger partial charge is 0.493 e. The summed E-state index contributed by atoms with van der Waals surface area (Å²) in [7, 11) is 0. The second-order valence-corrected chi connectivity index (χ2v) is 4.65. The number of aliphatic carboxylic acids is 2. The highest BCUT2D eigenvalue weighted by molar-refractivity contribution is 5.86. The summed E-state index contributed by atoms with van der Waals surface area (Å²) >= 11 is 0. The predicted octanol–water partition coefficient (Wildman–Crippen LogP) is -0.646. The van der Waals surface area contributed by atoms with Crippen LogP contribution < -0.4 is 0 Å². The SMILES string of the molecule is CC(=COC(C=C(C)C(=O)O)C(CO)(CO)CO)C(=O)O. The molecular formula is C13H20O8. The smallest absolute Gasteiger partial charge is 0.334 e. The molecule has 0 heterocycles. The van der Waals surface area contributed by atoms with Crippen LogP contribution in [-0.4, -0.2) is 63.4 Å². The van der Waals surface area contributed by atoms with Gasteiger partial charge < -0.3 is 30.3 Å². The monoisotopic (exact) mass is 304 g/mol. The number of hydrogen-bond donors (Lipinski definition) is 5. The fourth-order valence-corrected chi connectivity index (χ4v) is 1.30. The summed E-state index contributed by atoms with van der Waals surface area (Å²) in [5, 5.41) is 45.7. The summed E-state index contributed by atoms with van der Waals surface area (Å²) in [5.74, 6) is -2.49. The van der Waals surface area contributed by atoms with Gasteiger partial charge in [0.25, 0.3) is 0 Å². The molecule has 1 atom stereocenters. The first kappa shape index (κ1) is 19.1. The molecule has 0 aromatic heterocycles. The fourth-order valence-electron chi connectivity index (χ4n) is 1.30. The molecule has 1 unspecified atom stereocenters. The van der Waals surface area contributed by atoms with Crippen LogP contribution in [0.1, 0.15) is 13.8 Å². The zero-order valence-corrected chi connectivity index (χ0v) is 11.8. The Balaban J connectivity index is 5.57. The Labute approximate surface area is 121 Å². The van der Waals surface area contributed by atoms with Crippen molar-refractivity contribution in [3.05, 3.63) is 23.5 Å². The topological polar surface area (TPSA) is 145 Å². The Morgan fingerprint density at radius 1 is 1.00 bits per heavy atom. The minimum atomic E-state index is -1.55. The summed E-state index contributed by atoms with van der Waals surface area (Å²) < 4.78 is 5.16. The number of ether oxygens (including phenoxy) is 1. The van der Waals surface area contributed by atoms with Crippen molar-refractivity contribution in [2.24, 2.45) is 5.41 Å². The van der Waals surface area contributed by atoms with E-state index in [-0.39, 0.29) is 11.1 Å². The molecule has 0 aromatic rings. The van der Waals surface area contributed by atoms with E-state index in [2.05, 4.69) is 0 Å². The summed E-state index contributed by atoms with van der Waals surface area (Å²) in [6.45, 7) is 0.463. The van der Waals surface area contributed by atoms with Crippen LogP contribution in [0.2, 0.25) is 0 Å². The van der Waals surface area contributed by atoms with Crippen molar-refractivity contribution < 1.29 is 39.9 Å². The number of hydrogen-bond acceptors (Lipinski definition) is 6. The van der Waals surface area contributed by atoms with Crippen molar-refractivity contribution in [1.82, 2.24) is 0 Å². The first-order valence-electron chi connectivity index (χ1n) is 6.04. The lowest BCUT2D eigenvalue weighted by atomic mass is 9.83. The number of aliphatic hydroxyl groups is 3. The van der Waals surface area contributed by atoms with Crippen LogP contribution in [0.4, 0.5) is 0 Å². The van der Waals surface area contributed by atoms with E-state index in [4.69, 9.17) is 14.9 Å². The molecule has 120 valence electrons. The van der Waals surface area contributed by atoms with Crippen LogP contribution in [0.25, 0.3) is 0 Å². The molecule has 0 aliphatic heterocycles. The zero-order chi connectivity index (χ0) is 16.6. The van der Waals surface area contributed by atoms with Gasteiger partial charge in [-0.2, -0.15) is 0 Å². The van der Waals surface area contributed by atoms with E-state index in [1.54, 1.807) is 0 Å². The maximum atomic E-state index is 10.9. The Morgan fingerprint density at radius 2 is 1.43 bits per heavy atom. The van der Waals surface area contributed by atoms with Crippen LogP contribution in [0.5, 0.6) is 0 Å². The van der Waals surface area contributed by atoms with Crippen molar-refractivity contribution >= 4 is 11.9 Å². The number of carboxylic acids is 2. The molecule has 0 rings (SSSR count). The second kappa shape index (κ2) is 8.40. The first-order chi connectivity index (χ1) is 9.73. The van der Waals surface area contributed by atoms with E-state index in [1.807, 2.05) is 0 Å². The van der Waals surface area contributed by atoms with E-state index < -0.39 is 43.3 Å². The van der Waals surface area contributed by atoms with Gasteiger partial charge in [-0.15, -0.1) is 0 Å². The van der Waals surface area contributed by atoms with Crippen molar-refractivity contribution in [3.8, 4) is 0 Å². The van der Waals surface area contributed by atoms with Gasteiger partial charge in [0.05, 0.1) is 37.1 Å². The van der Waals surface area contributed by atoms with Crippen LogP contribution in [-0.2, 0) is 14.3 Å². The quantitative estimate of drug-likeness (QED) is 0.279. The molecule has 8 nitrogen and oxygen atoms in total. The van der Waals surface area contributed by atoms with E-state index in [0.29, 0.717) is 0 Å². The number of carboxylic acid groups (broad SMARTS) is 2. The van der Waals surface area contributed by atoms with E-state index >= 15 is 0 Å². The lowest BCUT2D eigenvalue weighted by Gasteiger charge is -2.34. The number of aliphatic hydroxyl groups excluding tert-OH is 3. The maximum Gasteiger partial charge on any atom is 0.334 e. The first-order valence-corrected chi connectivity index (χ1v) is 6.04. The normalized spacial score (nSPS) is 14.7. The highest BCUT2D eigenvalue weighted by Crippen LogP contribution is 2.26. The molecule has 8 heteroatoms. The van der Waals surface area contributed by atoms with Gasteiger partial charge in [-0.3, -0.25) is 0 Å². The molecule has 0 saturated heterocycles. The van der Waals surface area contributed by atoms with Crippen LogP contribution >= 0.6 is 0 Å². The molecule has 0 aromatic carbocycles. The third-order valence-corrected chi connectivity index (χ3v) is 3.02. The minimum Gasteiger partial charge on any atom is -0.493 e. The van der Waals surface area contributed by atoms with Gasteiger partial charge in [0.2, 0.25) is 0 Å². The average molecular weight is 304 g/mol. The van der Waals surface area contributed by atoms with Crippen LogP contribution in [0.3, 0.4) is 0 Å². The Morgan fingerprint density at radius 3 is 1.76 bits per heavy atom. The third-order valence-electron chi connectivity index (χ3n) is 3.02. The molecular weight excluding hydrogens is 284 g/mol. The molecule has 5 N–H and O–H groups in total. The molecule has 21 heavy (non-hydrogen) atoms. The van der Waals surface area contributed by atoms with Crippen LogP contribution in [0, 0.1) is 5.41 Å². The van der Waals surface area contributed by atoms with Crippen molar-refractivity contribution in [1.29, 1.82) is 0 Å². The van der Waals surface area contributed by atoms with Gasteiger partial charge in [-0.1, -0.05) is 0 Å². The van der Waals surface area contributed by atoms with Crippen molar-refractivity contribution in [2.45, 2.75) is 20.0 Å². The number of rotatable bonds is 9. The molecule has 0 aliphatic rings. The molecule has 0 fully saturated rings. The fraction of sp³-hybridized carbons (Fsp3) is 0.538. The Bertz CT molecular complexity index is 425. The van der Waals surface area contributed by atoms with Gasteiger partial charge in [0, 0.05) is 5.57 Å². The molecule has 0 radical (unpaired) electrons. The van der Waals surface area contributed by atoms with Gasteiger partial charge in [-0.05, 0) is 19.9 Å². The van der Waals surface area contributed by atoms with Crippen molar-refractivity contribution in [2.75, 3.05) is 19.8 Å². The lowest BCUT2D eigenvalue weighted by Crippen LogP contribution is -2.45. The van der Waals surface area contributed by atoms with Gasteiger partial charge in [-0.25, -0.2) is 9.59 Å². The Kier molecular flexibility index (Phi) is 7.64. The van der Waals surface area contributed by atoms with Gasteiger partial charge in [0.15, 0.2) is 0 Å². The average Bonchev–Trinajstić information content (AvgIpc) is 2.45. The standard InChI is InChI=1S/C13H20O8/c1-8(11(17)18)3-10(13(5-14,6-15)7-16)21-4-9(2)12(19)20/h3-4,10,14-16H,5-7H2,1-2H3,(H,17,18)(H,19,20).